The molecule has 2 rings (SSSR count). The molecule has 0 amide bonds. The number of halogens is 1. The van der Waals surface area contributed by atoms with E-state index >= 15 is 0 Å². The maximum Gasteiger partial charge on any atom is 0.136 e. The van der Waals surface area contributed by atoms with Gasteiger partial charge in [0.25, 0.3) is 0 Å². The number of hydrogen-bond donors (Lipinski definition) is 1. The Morgan fingerprint density at radius 3 is 3.00 bits per heavy atom. The van der Waals surface area contributed by atoms with Crippen LogP contribution in [0.2, 0.25) is 0 Å². The Morgan fingerprint density at radius 1 is 1.32 bits per heavy atom. The highest BCUT2D eigenvalue weighted by atomic mass is 32.2. The number of rotatable bonds is 5. The Bertz CT molecular complexity index is 378. The summed E-state index contributed by atoms with van der Waals surface area (Å²) >= 11 is 1.61. The van der Waals surface area contributed by atoms with Crippen molar-refractivity contribution in [1.29, 1.82) is 0 Å². The molecule has 0 spiro atoms. The van der Waals surface area contributed by atoms with Crippen LogP contribution < -0.4 is 5.32 Å². The standard InChI is InChI=1S/C15H23FN2S/c1-18(13-5-4-9-17-10-8-13)11-12-19-15-7-3-2-6-14(15)16/h2-3,6-7,13,17H,4-5,8-12H2,1H3. The Morgan fingerprint density at radius 2 is 2.16 bits per heavy atom. The summed E-state index contributed by atoms with van der Waals surface area (Å²) in [5.74, 6) is 0.843. The SMILES string of the molecule is CN(CCSc1ccccc1F)C1CCCNCC1. The summed E-state index contributed by atoms with van der Waals surface area (Å²) in [6.07, 6.45) is 3.75. The smallest absolute Gasteiger partial charge is 0.136 e. The molecular formula is C15H23FN2S. The van der Waals surface area contributed by atoms with Gasteiger partial charge in [-0.15, -0.1) is 11.8 Å². The summed E-state index contributed by atoms with van der Waals surface area (Å²) in [6, 6.07) is 7.70. The van der Waals surface area contributed by atoms with Gasteiger partial charge in [-0.25, -0.2) is 4.39 Å². The van der Waals surface area contributed by atoms with E-state index in [1.807, 2.05) is 12.1 Å². The Hall–Kier alpha value is -0.580. The molecule has 1 aromatic carbocycles. The minimum atomic E-state index is -0.103. The highest BCUT2D eigenvalue weighted by Crippen LogP contribution is 2.21. The molecule has 1 atom stereocenters. The summed E-state index contributed by atoms with van der Waals surface area (Å²) < 4.78 is 13.5. The second kappa shape index (κ2) is 7.88. The monoisotopic (exact) mass is 282 g/mol. The van der Waals surface area contributed by atoms with Crippen molar-refractivity contribution >= 4 is 11.8 Å². The second-order valence-corrected chi connectivity index (χ2v) is 6.23. The first-order chi connectivity index (χ1) is 9.27. The van der Waals surface area contributed by atoms with E-state index in [1.165, 1.54) is 25.3 Å². The fourth-order valence-electron chi connectivity index (χ4n) is 2.49. The maximum absolute atomic E-state index is 13.5. The van der Waals surface area contributed by atoms with Crippen molar-refractivity contribution in [2.75, 3.05) is 32.4 Å². The number of nitrogens with one attached hydrogen (secondary N) is 1. The second-order valence-electron chi connectivity index (χ2n) is 5.09. The minimum absolute atomic E-state index is 0.103. The van der Waals surface area contributed by atoms with Gasteiger partial charge in [-0.2, -0.15) is 0 Å². The number of thioether (sulfide) groups is 1. The zero-order valence-corrected chi connectivity index (χ0v) is 12.4. The molecule has 1 aliphatic heterocycles. The molecule has 0 aliphatic carbocycles. The average molecular weight is 282 g/mol. The van der Waals surface area contributed by atoms with Crippen LogP contribution in [-0.2, 0) is 0 Å². The number of benzene rings is 1. The van der Waals surface area contributed by atoms with Gasteiger partial charge in [-0.05, 0) is 51.5 Å². The largest absolute Gasteiger partial charge is 0.317 e. The fraction of sp³-hybridized carbons (Fsp3) is 0.600. The van der Waals surface area contributed by atoms with Crippen LogP contribution in [0.4, 0.5) is 4.39 Å². The van der Waals surface area contributed by atoms with Crippen molar-refractivity contribution in [1.82, 2.24) is 10.2 Å². The van der Waals surface area contributed by atoms with E-state index in [2.05, 4.69) is 17.3 Å². The summed E-state index contributed by atoms with van der Waals surface area (Å²) in [5.41, 5.74) is 0. The van der Waals surface area contributed by atoms with Gasteiger partial charge in [0.2, 0.25) is 0 Å². The molecule has 1 N–H and O–H groups in total. The molecule has 0 bridgehead atoms. The lowest BCUT2D eigenvalue weighted by Gasteiger charge is -2.26. The molecule has 1 unspecified atom stereocenters. The highest BCUT2D eigenvalue weighted by Gasteiger charge is 2.16. The van der Waals surface area contributed by atoms with Crippen LogP contribution in [0.5, 0.6) is 0 Å². The highest BCUT2D eigenvalue weighted by molar-refractivity contribution is 7.99. The van der Waals surface area contributed by atoms with E-state index in [9.17, 15) is 4.39 Å². The van der Waals surface area contributed by atoms with Gasteiger partial charge in [-0.3, -0.25) is 0 Å². The number of hydrogen-bond acceptors (Lipinski definition) is 3. The van der Waals surface area contributed by atoms with Crippen LogP contribution in [0.3, 0.4) is 0 Å². The van der Waals surface area contributed by atoms with Crippen LogP contribution in [0, 0.1) is 5.82 Å². The lowest BCUT2D eigenvalue weighted by Crippen LogP contribution is -2.34. The van der Waals surface area contributed by atoms with Gasteiger partial charge >= 0.3 is 0 Å². The van der Waals surface area contributed by atoms with Gasteiger partial charge in [0.15, 0.2) is 0 Å². The van der Waals surface area contributed by atoms with Crippen molar-refractivity contribution < 1.29 is 4.39 Å². The van der Waals surface area contributed by atoms with E-state index in [0.29, 0.717) is 6.04 Å². The fourth-order valence-corrected chi connectivity index (χ4v) is 3.47. The molecular weight excluding hydrogens is 259 g/mol. The molecule has 0 saturated carbocycles. The van der Waals surface area contributed by atoms with E-state index < -0.39 is 0 Å². The molecule has 0 radical (unpaired) electrons. The molecule has 0 aromatic heterocycles. The molecule has 2 nitrogen and oxygen atoms in total. The lowest BCUT2D eigenvalue weighted by molar-refractivity contribution is 0.237. The van der Waals surface area contributed by atoms with Crippen LogP contribution in [0.25, 0.3) is 0 Å². The quantitative estimate of drug-likeness (QED) is 0.836. The Labute approximate surface area is 119 Å². The summed E-state index contributed by atoms with van der Waals surface area (Å²) in [6.45, 7) is 3.29. The van der Waals surface area contributed by atoms with Crippen LogP contribution in [-0.4, -0.2) is 43.4 Å². The predicted octanol–water partition coefficient (Wildman–Crippen LogP) is 2.99. The van der Waals surface area contributed by atoms with Crippen LogP contribution in [0.15, 0.2) is 29.2 Å². The van der Waals surface area contributed by atoms with Gasteiger partial charge in [-0.1, -0.05) is 12.1 Å². The minimum Gasteiger partial charge on any atom is -0.317 e. The van der Waals surface area contributed by atoms with E-state index in [4.69, 9.17) is 0 Å². The van der Waals surface area contributed by atoms with Crippen LogP contribution >= 0.6 is 11.8 Å². The van der Waals surface area contributed by atoms with E-state index in [1.54, 1.807) is 17.8 Å². The molecule has 1 saturated heterocycles. The topological polar surface area (TPSA) is 15.3 Å². The van der Waals surface area contributed by atoms with Crippen molar-refractivity contribution in [2.24, 2.45) is 0 Å². The molecule has 1 heterocycles. The van der Waals surface area contributed by atoms with Crippen molar-refractivity contribution in [3.8, 4) is 0 Å². The Balaban J connectivity index is 1.74. The predicted molar refractivity (Wildman–Crippen MR) is 80.3 cm³/mol. The first-order valence-electron chi connectivity index (χ1n) is 7.05. The Kier molecular flexibility index (Phi) is 6.14. The average Bonchev–Trinajstić information content (AvgIpc) is 2.70. The zero-order chi connectivity index (χ0) is 13.5. The summed E-state index contributed by atoms with van der Waals surface area (Å²) in [4.78, 5) is 3.19. The lowest BCUT2D eigenvalue weighted by atomic mass is 10.1. The first-order valence-corrected chi connectivity index (χ1v) is 8.04. The maximum atomic E-state index is 13.5. The summed E-state index contributed by atoms with van der Waals surface area (Å²) in [7, 11) is 2.19. The molecule has 19 heavy (non-hydrogen) atoms. The third kappa shape index (κ3) is 4.79. The van der Waals surface area contributed by atoms with E-state index in [-0.39, 0.29) is 5.82 Å². The molecule has 106 valence electrons. The van der Waals surface area contributed by atoms with Gasteiger partial charge in [0.05, 0.1) is 0 Å². The molecule has 1 aliphatic rings. The van der Waals surface area contributed by atoms with Crippen molar-refractivity contribution in [2.45, 2.75) is 30.2 Å². The van der Waals surface area contributed by atoms with Gasteiger partial charge in [0.1, 0.15) is 5.82 Å². The van der Waals surface area contributed by atoms with E-state index in [0.717, 1.165) is 30.3 Å². The van der Waals surface area contributed by atoms with Crippen LogP contribution in [0.1, 0.15) is 19.3 Å². The van der Waals surface area contributed by atoms with Gasteiger partial charge in [0, 0.05) is 23.2 Å². The zero-order valence-electron chi connectivity index (χ0n) is 11.6. The van der Waals surface area contributed by atoms with Crippen molar-refractivity contribution in [3.05, 3.63) is 30.1 Å². The third-order valence-electron chi connectivity index (χ3n) is 3.71. The normalized spacial score (nSPS) is 20.5. The summed E-state index contributed by atoms with van der Waals surface area (Å²) in [5, 5.41) is 3.44. The van der Waals surface area contributed by atoms with Gasteiger partial charge < -0.3 is 10.2 Å². The number of nitrogens with zero attached hydrogens (tertiary/aromatic N) is 1. The van der Waals surface area contributed by atoms with Crippen molar-refractivity contribution in [3.63, 3.8) is 0 Å². The third-order valence-corrected chi connectivity index (χ3v) is 4.74. The molecule has 1 aromatic rings. The molecule has 1 fully saturated rings. The first kappa shape index (κ1) is 14.8. The molecule has 4 heteroatoms.